The van der Waals surface area contributed by atoms with Gasteiger partial charge in [0, 0.05) is 25.6 Å². The number of likely N-dealkylation sites (tertiary alicyclic amines) is 1. The first-order valence-electron chi connectivity index (χ1n) is 7.48. The van der Waals surface area contributed by atoms with E-state index in [-0.39, 0.29) is 0 Å². The van der Waals surface area contributed by atoms with Gasteiger partial charge in [-0.15, -0.1) is 0 Å². The molecule has 3 heterocycles. The number of aromatic nitrogens is 2. The Balaban J connectivity index is 1.55. The Bertz CT molecular complexity index is 403. The fraction of sp³-hybridized carbons (Fsp3) is 0.857. The molecule has 1 aromatic heterocycles. The van der Waals surface area contributed by atoms with Gasteiger partial charge in [-0.25, -0.2) is 0 Å². The van der Waals surface area contributed by atoms with Crippen molar-refractivity contribution in [3.8, 4) is 0 Å². The van der Waals surface area contributed by atoms with Gasteiger partial charge in [0.15, 0.2) is 5.82 Å². The van der Waals surface area contributed by atoms with E-state index in [2.05, 4.69) is 34.2 Å². The van der Waals surface area contributed by atoms with Crippen molar-refractivity contribution in [3.05, 3.63) is 11.7 Å². The molecule has 1 N–H and O–H groups in total. The molecular weight excluding hydrogens is 240 g/mol. The summed E-state index contributed by atoms with van der Waals surface area (Å²) in [4.78, 5) is 6.95. The highest BCUT2D eigenvalue weighted by molar-refractivity contribution is 4.95. The predicted molar refractivity (Wildman–Crippen MR) is 72.6 cm³/mol. The Morgan fingerprint density at radius 3 is 3.11 bits per heavy atom. The molecule has 0 spiro atoms. The smallest absolute Gasteiger partial charge is 0.226 e. The van der Waals surface area contributed by atoms with Crippen molar-refractivity contribution in [1.82, 2.24) is 20.4 Å². The summed E-state index contributed by atoms with van der Waals surface area (Å²) in [5.41, 5.74) is 0. The summed E-state index contributed by atoms with van der Waals surface area (Å²) in [5.74, 6) is 3.00. The van der Waals surface area contributed by atoms with E-state index in [0.717, 1.165) is 37.1 Å². The molecule has 0 unspecified atom stereocenters. The van der Waals surface area contributed by atoms with Gasteiger partial charge in [-0.3, -0.25) is 4.90 Å². The number of fused-ring (bicyclic) bond motifs is 1. The molecule has 19 heavy (non-hydrogen) atoms. The predicted octanol–water partition coefficient (Wildman–Crippen LogP) is 1.45. The van der Waals surface area contributed by atoms with E-state index in [9.17, 15) is 0 Å². The first-order valence-corrected chi connectivity index (χ1v) is 7.48. The lowest BCUT2D eigenvalue weighted by Gasteiger charge is -2.24. The van der Waals surface area contributed by atoms with Gasteiger partial charge >= 0.3 is 0 Å². The van der Waals surface area contributed by atoms with Crippen LogP contribution in [0, 0.1) is 11.8 Å². The SMILES string of the molecule is CC(C)Cc1nc(CN2C[C@@H]3CCCN[C@@H]3C2)no1. The molecule has 0 bridgehead atoms. The van der Waals surface area contributed by atoms with E-state index in [4.69, 9.17) is 4.52 Å². The topological polar surface area (TPSA) is 54.2 Å². The van der Waals surface area contributed by atoms with E-state index in [0.29, 0.717) is 12.0 Å². The fourth-order valence-corrected chi connectivity index (χ4v) is 3.25. The van der Waals surface area contributed by atoms with Gasteiger partial charge in [0.1, 0.15) is 0 Å². The highest BCUT2D eigenvalue weighted by Crippen LogP contribution is 2.25. The second-order valence-electron chi connectivity index (χ2n) is 6.36. The monoisotopic (exact) mass is 264 g/mol. The largest absolute Gasteiger partial charge is 0.339 e. The first kappa shape index (κ1) is 13.1. The van der Waals surface area contributed by atoms with Crippen LogP contribution < -0.4 is 5.32 Å². The molecule has 2 atom stereocenters. The van der Waals surface area contributed by atoms with Gasteiger partial charge in [0.25, 0.3) is 0 Å². The highest BCUT2D eigenvalue weighted by Gasteiger charge is 2.34. The van der Waals surface area contributed by atoms with E-state index < -0.39 is 0 Å². The molecule has 5 heteroatoms. The third kappa shape index (κ3) is 3.15. The lowest BCUT2D eigenvalue weighted by atomic mass is 9.94. The average molecular weight is 264 g/mol. The van der Waals surface area contributed by atoms with Crippen LogP contribution in [0.25, 0.3) is 0 Å². The van der Waals surface area contributed by atoms with Crippen molar-refractivity contribution < 1.29 is 4.52 Å². The molecule has 3 rings (SSSR count). The summed E-state index contributed by atoms with van der Waals surface area (Å²) < 4.78 is 5.30. The van der Waals surface area contributed by atoms with Gasteiger partial charge in [-0.1, -0.05) is 19.0 Å². The van der Waals surface area contributed by atoms with Gasteiger partial charge < -0.3 is 9.84 Å². The van der Waals surface area contributed by atoms with Crippen molar-refractivity contribution in [2.75, 3.05) is 19.6 Å². The molecule has 0 aliphatic carbocycles. The summed E-state index contributed by atoms with van der Waals surface area (Å²) in [6.07, 6.45) is 3.55. The number of hydrogen-bond acceptors (Lipinski definition) is 5. The Kier molecular flexibility index (Phi) is 3.84. The maximum atomic E-state index is 5.30. The highest BCUT2D eigenvalue weighted by atomic mass is 16.5. The van der Waals surface area contributed by atoms with Crippen LogP contribution in [0.4, 0.5) is 0 Å². The summed E-state index contributed by atoms with van der Waals surface area (Å²) in [5, 5.41) is 7.72. The maximum Gasteiger partial charge on any atom is 0.226 e. The molecule has 0 radical (unpaired) electrons. The molecule has 2 aliphatic rings. The average Bonchev–Trinajstić information content (AvgIpc) is 2.94. The second-order valence-corrected chi connectivity index (χ2v) is 6.36. The zero-order chi connectivity index (χ0) is 13.2. The van der Waals surface area contributed by atoms with Crippen LogP contribution in [0.15, 0.2) is 4.52 Å². The fourth-order valence-electron chi connectivity index (χ4n) is 3.25. The number of nitrogens with zero attached hydrogens (tertiary/aromatic N) is 3. The quantitative estimate of drug-likeness (QED) is 0.892. The van der Waals surface area contributed by atoms with Crippen molar-refractivity contribution >= 4 is 0 Å². The number of nitrogens with one attached hydrogen (secondary N) is 1. The van der Waals surface area contributed by atoms with Crippen molar-refractivity contribution in [3.63, 3.8) is 0 Å². The normalized spacial score (nSPS) is 27.9. The zero-order valence-electron chi connectivity index (χ0n) is 11.9. The Hall–Kier alpha value is -0.940. The van der Waals surface area contributed by atoms with E-state index >= 15 is 0 Å². The maximum absolute atomic E-state index is 5.30. The number of rotatable bonds is 4. The van der Waals surface area contributed by atoms with Gasteiger partial charge in [0.05, 0.1) is 6.54 Å². The van der Waals surface area contributed by atoms with E-state index in [1.165, 1.54) is 25.9 Å². The molecule has 2 fully saturated rings. The van der Waals surface area contributed by atoms with Crippen LogP contribution in [0.3, 0.4) is 0 Å². The van der Waals surface area contributed by atoms with Crippen LogP contribution in [0.2, 0.25) is 0 Å². The summed E-state index contributed by atoms with van der Waals surface area (Å²) in [6, 6.07) is 0.677. The van der Waals surface area contributed by atoms with Gasteiger partial charge in [0.2, 0.25) is 5.89 Å². The minimum atomic E-state index is 0.562. The van der Waals surface area contributed by atoms with Crippen LogP contribution in [0.1, 0.15) is 38.4 Å². The van der Waals surface area contributed by atoms with Crippen LogP contribution >= 0.6 is 0 Å². The van der Waals surface area contributed by atoms with E-state index in [1.807, 2.05) is 0 Å². The summed E-state index contributed by atoms with van der Waals surface area (Å²) >= 11 is 0. The zero-order valence-corrected chi connectivity index (χ0v) is 11.9. The van der Waals surface area contributed by atoms with Gasteiger partial charge in [-0.2, -0.15) is 4.98 Å². The third-order valence-electron chi connectivity index (χ3n) is 4.13. The first-order chi connectivity index (χ1) is 9.20. The Morgan fingerprint density at radius 1 is 1.42 bits per heavy atom. The molecule has 2 aliphatic heterocycles. The van der Waals surface area contributed by atoms with Crippen molar-refractivity contribution in [1.29, 1.82) is 0 Å². The van der Waals surface area contributed by atoms with Gasteiger partial charge in [-0.05, 0) is 31.2 Å². The second kappa shape index (κ2) is 5.59. The molecule has 5 nitrogen and oxygen atoms in total. The summed E-state index contributed by atoms with van der Waals surface area (Å²) in [7, 11) is 0. The van der Waals surface area contributed by atoms with Crippen molar-refractivity contribution in [2.24, 2.45) is 11.8 Å². The molecule has 0 amide bonds. The molecule has 106 valence electrons. The third-order valence-corrected chi connectivity index (χ3v) is 4.13. The molecule has 1 aromatic rings. The number of hydrogen-bond donors (Lipinski definition) is 1. The lowest BCUT2D eigenvalue weighted by molar-refractivity contribution is 0.295. The molecule has 2 saturated heterocycles. The minimum Gasteiger partial charge on any atom is -0.339 e. The van der Waals surface area contributed by atoms with Crippen LogP contribution in [-0.4, -0.2) is 40.7 Å². The molecular formula is C14H24N4O. The number of piperidine rings is 1. The van der Waals surface area contributed by atoms with Crippen LogP contribution in [0.5, 0.6) is 0 Å². The summed E-state index contributed by atoms with van der Waals surface area (Å²) in [6.45, 7) is 8.64. The lowest BCUT2D eigenvalue weighted by Crippen LogP contribution is -2.40. The standard InChI is InChI=1S/C14H24N4O/c1-10(2)6-14-16-13(17-19-14)9-18-7-11-4-3-5-15-12(11)8-18/h10-12,15H,3-9H2,1-2H3/t11-,12+/m0/s1. The Morgan fingerprint density at radius 2 is 2.32 bits per heavy atom. The molecule has 0 aromatic carbocycles. The Labute approximate surface area is 114 Å². The van der Waals surface area contributed by atoms with Crippen LogP contribution in [-0.2, 0) is 13.0 Å². The minimum absolute atomic E-state index is 0.562. The van der Waals surface area contributed by atoms with E-state index in [1.54, 1.807) is 0 Å². The van der Waals surface area contributed by atoms with Crippen molar-refractivity contribution in [2.45, 2.75) is 45.7 Å². The molecule has 0 saturated carbocycles.